The summed E-state index contributed by atoms with van der Waals surface area (Å²) < 4.78 is 0.915. The molecular formula is C8H11BrN4OS. The third-order valence-corrected chi connectivity index (χ3v) is 3.49. The number of thiazole rings is 1. The third-order valence-electron chi connectivity index (χ3n) is 2.10. The fourth-order valence-corrected chi connectivity index (χ4v) is 2.45. The average molecular weight is 291 g/mol. The maximum Gasteiger partial charge on any atom is 0.323 e. The largest absolute Gasteiger partial charge is 0.323 e. The summed E-state index contributed by atoms with van der Waals surface area (Å²) in [6.07, 6.45) is 1.68. The Morgan fingerprint density at radius 1 is 1.60 bits per heavy atom. The van der Waals surface area contributed by atoms with Crippen LogP contribution < -0.4 is 10.6 Å². The molecule has 1 saturated heterocycles. The number of nitrogens with zero attached hydrogens (tertiary/aromatic N) is 2. The van der Waals surface area contributed by atoms with Crippen LogP contribution in [0.1, 0.15) is 0 Å². The number of carbonyl (C=O) groups excluding carboxylic acids is 1. The molecule has 0 atom stereocenters. The monoisotopic (exact) mass is 290 g/mol. The quantitative estimate of drug-likeness (QED) is 0.821. The molecule has 1 aromatic rings. The van der Waals surface area contributed by atoms with Crippen molar-refractivity contribution >= 4 is 38.4 Å². The number of halogens is 1. The lowest BCUT2D eigenvalue weighted by Crippen LogP contribution is -2.48. The van der Waals surface area contributed by atoms with E-state index < -0.39 is 0 Å². The number of nitrogens with one attached hydrogen (secondary N) is 2. The van der Waals surface area contributed by atoms with Crippen LogP contribution in [-0.2, 0) is 0 Å². The molecule has 1 aliphatic heterocycles. The first-order valence-electron chi connectivity index (χ1n) is 4.64. The van der Waals surface area contributed by atoms with Crippen LogP contribution in [-0.4, -0.2) is 42.1 Å². The summed E-state index contributed by atoms with van der Waals surface area (Å²) in [7, 11) is 0. The van der Waals surface area contributed by atoms with Gasteiger partial charge in [0.05, 0.1) is 9.98 Å². The van der Waals surface area contributed by atoms with Crippen molar-refractivity contribution in [3.63, 3.8) is 0 Å². The van der Waals surface area contributed by atoms with Crippen LogP contribution in [0.5, 0.6) is 0 Å². The van der Waals surface area contributed by atoms with Crippen molar-refractivity contribution in [2.24, 2.45) is 0 Å². The van der Waals surface area contributed by atoms with Crippen LogP contribution in [0, 0.1) is 0 Å². The van der Waals surface area contributed by atoms with Gasteiger partial charge < -0.3 is 10.2 Å². The van der Waals surface area contributed by atoms with Crippen molar-refractivity contribution in [3.8, 4) is 0 Å². The lowest BCUT2D eigenvalue weighted by molar-refractivity contribution is 0.204. The number of piperazine rings is 1. The fraction of sp³-hybridized carbons (Fsp3) is 0.500. The molecule has 2 amide bonds. The molecule has 0 unspecified atom stereocenters. The van der Waals surface area contributed by atoms with Gasteiger partial charge in [-0.05, 0) is 15.9 Å². The lowest BCUT2D eigenvalue weighted by Gasteiger charge is -2.26. The number of hydrogen-bond acceptors (Lipinski definition) is 4. The minimum atomic E-state index is -0.0710. The molecule has 7 heteroatoms. The summed E-state index contributed by atoms with van der Waals surface area (Å²) in [4.78, 5) is 17.5. The normalized spacial score (nSPS) is 16.5. The molecule has 0 aliphatic carbocycles. The summed E-state index contributed by atoms with van der Waals surface area (Å²) in [5.41, 5.74) is 0. The van der Waals surface area contributed by atoms with E-state index in [1.807, 2.05) is 0 Å². The second-order valence-electron chi connectivity index (χ2n) is 3.14. The Labute approximate surface area is 100.0 Å². The van der Waals surface area contributed by atoms with Gasteiger partial charge in [-0.1, -0.05) is 11.3 Å². The minimum Gasteiger partial charge on any atom is -0.322 e. The molecule has 2 heterocycles. The fourth-order valence-electron chi connectivity index (χ4n) is 1.35. The van der Waals surface area contributed by atoms with Gasteiger partial charge in [-0.3, -0.25) is 5.32 Å². The van der Waals surface area contributed by atoms with Crippen molar-refractivity contribution in [2.45, 2.75) is 0 Å². The highest BCUT2D eigenvalue weighted by molar-refractivity contribution is 9.11. The average Bonchev–Trinajstić information content (AvgIpc) is 2.65. The molecule has 2 rings (SSSR count). The number of carbonyl (C=O) groups is 1. The van der Waals surface area contributed by atoms with Crippen LogP contribution in [0.4, 0.5) is 9.93 Å². The Morgan fingerprint density at radius 3 is 2.93 bits per heavy atom. The van der Waals surface area contributed by atoms with Crippen LogP contribution in [0.3, 0.4) is 0 Å². The van der Waals surface area contributed by atoms with E-state index >= 15 is 0 Å². The van der Waals surface area contributed by atoms with Crippen molar-refractivity contribution in [2.75, 3.05) is 31.5 Å². The summed E-state index contributed by atoms with van der Waals surface area (Å²) in [5, 5.41) is 6.59. The molecule has 82 valence electrons. The maximum absolute atomic E-state index is 11.7. The molecule has 0 radical (unpaired) electrons. The van der Waals surface area contributed by atoms with Crippen molar-refractivity contribution in [3.05, 3.63) is 9.98 Å². The Kier molecular flexibility index (Phi) is 3.55. The Hall–Kier alpha value is -0.660. The van der Waals surface area contributed by atoms with Gasteiger partial charge in [0.2, 0.25) is 0 Å². The van der Waals surface area contributed by atoms with Crippen LogP contribution in [0.25, 0.3) is 0 Å². The predicted molar refractivity (Wildman–Crippen MR) is 63.3 cm³/mol. The van der Waals surface area contributed by atoms with E-state index in [0.717, 1.165) is 30.0 Å². The molecular weight excluding hydrogens is 280 g/mol. The maximum atomic E-state index is 11.7. The summed E-state index contributed by atoms with van der Waals surface area (Å²) in [6.45, 7) is 3.21. The van der Waals surface area contributed by atoms with Gasteiger partial charge >= 0.3 is 6.03 Å². The highest BCUT2D eigenvalue weighted by Gasteiger charge is 2.16. The smallest absolute Gasteiger partial charge is 0.322 e. The topological polar surface area (TPSA) is 57.3 Å². The van der Waals surface area contributed by atoms with E-state index in [1.54, 1.807) is 11.1 Å². The summed E-state index contributed by atoms with van der Waals surface area (Å²) in [5.74, 6) is 0. The Morgan fingerprint density at radius 2 is 2.33 bits per heavy atom. The van der Waals surface area contributed by atoms with E-state index in [1.165, 1.54) is 11.3 Å². The predicted octanol–water partition coefficient (Wildman–Crippen LogP) is 1.34. The number of anilines is 1. The Balaban J connectivity index is 1.91. The van der Waals surface area contributed by atoms with E-state index in [2.05, 4.69) is 31.5 Å². The second-order valence-corrected chi connectivity index (χ2v) is 5.55. The van der Waals surface area contributed by atoms with Crippen molar-refractivity contribution < 1.29 is 4.79 Å². The number of rotatable bonds is 1. The molecule has 0 spiro atoms. The van der Waals surface area contributed by atoms with Gasteiger partial charge in [-0.25, -0.2) is 9.78 Å². The van der Waals surface area contributed by atoms with Gasteiger partial charge in [0.1, 0.15) is 0 Å². The SMILES string of the molecule is O=C(Nc1ncc(Br)s1)N1CCNCC1. The van der Waals surface area contributed by atoms with Gasteiger partial charge in [0.25, 0.3) is 0 Å². The number of urea groups is 1. The second kappa shape index (κ2) is 4.91. The summed E-state index contributed by atoms with van der Waals surface area (Å²) in [6, 6.07) is -0.0710. The number of hydrogen-bond donors (Lipinski definition) is 2. The van der Waals surface area contributed by atoms with E-state index in [9.17, 15) is 4.79 Å². The highest BCUT2D eigenvalue weighted by atomic mass is 79.9. The Bertz CT molecular complexity index is 350. The van der Waals surface area contributed by atoms with E-state index in [4.69, 9.17) is 0 Å². The highest BCUT2D eigenvalue weighted by Crippen LogP contribution is 2.23. The first-order chi connectivity index (χ1) is 7.25. The number of amides is 2. The summed E-state index contributed by atoms with van der Waals surface area (Å²) >= 11 is 4.71. The number of aromatic nitrogens is 1. The lowest BCUT2D eigenvalue weighted by atomic mass is 10.4. The first kappa shape index (κ1) is 10.8. The van der Waals surface area contributed by atoms with Crippen LogP contribution in [0.15, 0.2) is 9.98 Å². The standard InChI is InChI=1S/C8H11BrN4OS/c9-6-5-11-7(15-6)12-8(14)13-3-1-10-2-4-13/h5,10H,1-4H2,(H,11,12,14). The minimum absolute atomic E-state index is 0.0710. The molecule has 1 aromatic heterocycles. The molecule has 1 aliphatic rings. The molecule has 5 nitrogen and oxygen atoms in total. The van der Waals surface area contributed by atoms with Crippen LogP contribution in [0.2, 0.25) is 0 Å². The molecule has 1 fully saturated rings. The van der Waals surface area contributed by atoms with Crippen molar-refractivity contribution in [1.29, 1.82) is 0 Å². The zero-order valence-electron chi connectivity index (χ0n) is 7.99. The van der Waals surface area contributed by atoms with Crippen molar-refractivity contribution in [1.82, 2.24) is 15.2 Å². The first-order valence-corrected chi connectivity index (χ1v) is 6.24. The molecule has 15 heavy (non-hydrogen) atoms. The zero-order valence-corrected chi connectivity index (χ0v) is 10.4. The molecule has 0 aromatic carbocycles. The third kappa shape index (κ3) is 2.90. The van der Waals surface area contributed by atoms with Crippen LogP contribution >= 0.6 is 27.3 Å². The molecule has 0 saturated carbocycles. The van der Waals surface area contributed by atoms with Gasteiger partial charge in [0.15, 0.2) is 5.13 Å². The van der Waals surface area contributed by atoms with Gasteiger partial charge in [-0.15, -0.1) is 0 Å². The van der Waals surface area contributed by atoms with Gasteiger partial charge in [0, 0.05) is 26.2 Å². The van der Waals surface area contributed by atoms with E-state index in [0.29, 0.717) is 5.13 Å². The van der Waals surface area contributed by atoms with Gasteiger partial charge in [-0.2, -0.15) is 0 Å². The molecule has 2 N–H and O–H groups in total. The van der Waals surface area contributed by atoms with E-state index in [-0.39, 0.29) is 6.03 Å². The molecule has 0 bridgehead atoms. The zero-order chi connectivity index (χ0) is 10.7.